The molecule has 1 aliphatic heterocycles. The molecule has 3 fully saturated rings. The van der Waals surface area contributed by atoms with Gasteiger partial charge in [0.05, 0.1) is 6.10 Å². The van der Waals surface area contributed by atoms with Crippen molar-refractivity contribution in [2.45, 2.75) is 150 Å². The number of rotatable bonds is 10. The van der Waals surface area contributed by atoms with Gasteiger partial charge in [0, 0.05) is 13.3 Å². The summed E-state index contributed by atoms with van der Waals surface area (Å²) in [6.07, 6.45) is 19.3. The van der Waals surface area contributed by atoms with Crippen molar-refractivity contribution in [2.24, 2.45) is 46.3 Å². The van der Waals surface area contributed by atoms with Crippen molar-refractivity contribution in [3.05, 3.63) is 23.8 Å². The Bertz CT molecular complexity index is 1040. The third-order valence-electron chi connectivity index (χ3n) is 12.5. The van der Waals surface area contributed by atoms with Crippen LogP contribution in [0.25, 0.3) is 0 Å². The van der Waals surface area contributed by atoms with Crippen LogP contribution < -0.4 is 0 Å². The maximum absolute atomic E-state index is 11.9. The van der Waals surface area contributed by atoms with Crippen LogP contribution in [0, 0.1) is 46.3 Å². The van der Waals surface area contributed by atoms with Crippen molar-refractivity contribution in [3.63, 3.8) is 0 Å². The summed E-state index contributed by atoms with van der Waals surface area (Å²) >= 11 is 0. The highest BCUT2D eigenvalue weighted by atomic mass is 16.7. The lowest BCUT2D eigenvalue weighted by atomic mass is 9.47. The average Bonchev–Trinajstić information content (AvgIpc) is 3.27. The number of ether oxygens (including phenoxy) is 3. The lowest BCUT2D eigenvalue weighted by molar-refractivity contribution is -0.204. The van der Waals surface area contributed by atoms with Gasteiger partial charge in [0.1, 0.15) is 18.0 Å². The molecular formula is C37H58O5. The summed E-state index contributed by atoms with van der Waals surface area (Å²) in [5, 5.41) is 0. The Morgan fingerprint density at radius 2 is 1.79 bits per heavy atom. The zero-order chi connectivity index (χ0) is 30.2. The largest absolute Gasteiger partial charge is 0.456 e. The minimum Gasteiger partial charge on any atom is -0.456 e. The van der Waals surface area contributed by atoms with E-state index in [0.29, 0.717) is 5.41 Å². The molecule has 3 saturated carbocycles. The lowest BCUT2D eigenvalue weighted by Crippen LogP contribution is -2.51. The Labute approximate surface area is 255 Å². The molecule has 5 aliphatic rings. The quantitative estimate of drug-likeness (QED) is 0.191. The molecule has 5 nitrogen and oxygen atoms in total. The van der Waals surface area contributed by atoms with Crippen LogP contribution in [-0.4, -0.2) is 36.4 Å². The second-order valence-corrected chi connectivity index (χ2v) is 15.7. The van der Waals surface area contributed by atoms with Crippen molar-refractivity contribution >= 4 is 11.8 Å². The van der Waals surface area contributed by atoms with Gasteiger partial charge >= 0.3 is 5.97 Å². The summed E-state index contributed by atoms with van der Waals surface area (Å²) in [5.41, 5.74) is 2.41. The van der Waals surface area contributed by atoms with E-state index < -0.39 is 18.5 Å². The molecule has 0 saturated heterocycles. The first-order valence-electron chi connectivity index (χ1n) is 17.3. The Balaban J connectivity index is 1.22. The first kappa shape index (κ1) is 31.9. The van der Waals surface area contributed by atoms with Gasteiger partial charge in [0.2, 0.25) is 0 Å². The number of allylic oxidation sites excluding steroid dienone is 1. The highest BCUT2D eigenvalue weighted by Gasteiger charge is 2.59. The minimum absolute atomic E-state index is 0.0132. The summed E-state index contributed by atoms with van der Waals surface area (Å²) in [6.45, 7) is 15.5. The van der Waals surface area contributed by atoms with E-state index in [4.69, 9.17) is 14.2 Å². The fraction of sp³-hybridized carbons (Fsp3) is 0.838. The van der Waals surface area contributed by atoms with Crippen LogP contribution in [0.4, 0.5) is 0 Å². The van der Waals surface area contributed by atoms with E-state index in [1.165, 1.54) is 64.7 Å². The fourth-order valence-corrected chi connectivity index (χ4v) is 10.4. The summed E-state index contributed by atoms with van der Waals surface area (Å²) in [6, 6.07) is 0. The molecule has 236 valence electrons. The van der Waals surface area contributed by atoms with E-state index in [-0.39, 0.29) is 29.7 Å². The molecule has 0 aromatic rings. The van der Waals surface area contributed by atoms with E-state index in [0.717, 1.165) is 48.3 Å². The SMILES string of the molecule is CC(=O)C[C@H]1OC(O[C@H]2CC[C@@]3(C)C(=CCC4C3CC[C@@]3(C)C4CC[C@@H]3C(C)CCCC(C)C)C2)C=C[C@@H]1OC(C)=O. The summed E-state index contributed by atoms with van der Waals surface area (Å²) in [7, 11) is 0. The van der Waals surface area contributed by atoms with E-state index >= 15 is 0 Å². The highest BCUT2D eigenvalue weighted by Crippen LogP contribution is 2.67. The second-order valence-electron chi connectivity index (χ2n) is 15.7. The number of esters is 1. The van der Waals surface area contributed by atoms with Gasteiger partial charge < -0.3 is 14.2 Å². The predicted molar refractivity (Wildman–Crippen MR) is 167 cm³/mol. The third-order valence-corrected chi connectivity index (χ3v) is 12.5. The topological polar surface area (TPSA) is 61.8 Å². The molecule has 0 aromatic carbocycles. The predicted octanol–water partition coefficient (Wildman–Crippen LogP) is 8.60. The van der Waals surface area contributed by atoms with Crippen LogP contribution in [0.15, 0.2) is 23.8 Å². The Hall–Kier alpha value is -1.46. The number of hydrogen-bond donors (Lipinski definition) is 0. The smallest absolute Gasteiger partial charge is 0.303 e. The number of fused-ring (bicyclic) bond motifs is 5. The standard InChI is InChI=1S/C37H58O5/c1-23(2)9-8-10-24(3)30-13-14-31-29-12-11-27-22-28(17-19-36(27,6)32(29)18-20-37(30,31)7)41-35-16-15-33(40-26(5)39)34(42-35)21-25(4)38/h11,15-16,23-24,28-35H,8-10,12-14,17-22H2,1-7H3/t24?,28-,29?,30+,31?,32?,33-,34+,35?,36-,37+/m0/s1. The van der Waals surface area contributed by atoms with Gasteiger partial charge in [0.15, 0.2) is 6.29 Å². The highest BCUT2D eigenvalue weighted by molar-refractivity contribution is 5.76. The first-order chi connectivity index (χ1) is 19.9. The molecule has 0 bridgehead atoms. The molecule has 0 aromatic heterocycles. The van der Waals surface area contributed by atoms with E-state index in [1.807, 2.05) is 12.2 Å². The summed E-state index contributed by atoms with van der Waals surface area (Å²) in [5.74, 6) is 4.71. The van der Waals surface area contributed by atoms with Crippen LogP contribution in [0.3, 0.4) is 0 Å². The zero-order valence-electron chi connectivity index (χ0n) is 27.5. The van der Waals surface area contributed by atoms with Crippen LogP contribution in [0.5, 0.6) is 0 Å². The van der Waals surface area contributed by atoms with Gasteiger partial charge in [0.25, 0.3) is 0 Å². The molecule has 4 aliphatic carbocycles. The molecule has 5 rings (SSSR count). The average molecular weight is 583 g/mol. The summed E-state index contributed by atoms with van der Waals surface area (Å²) in [4.78, 5) is 23.4. The molecule has 11 atom stereocenters. The normalized spacial score (nSPS) is 41.9. The van der Waals surface area contributed by atoms with Gasteiger partial charge in [-0.3, -0.25) is 9.59 Å². The third kappa shape index (κ3) is 6.48. The Morgan fingerprint density at radius 3 is 2.50 bits per heavy atom. The monoisotopic (exact) mass is 582 g/mol. The molecule has 5 heteroatoms. The van der Waals surface area contributed by atoms with Crippen LogP contribution >= 0.6 is 0 Å². The van der Waals surface area contributed by atoms with Crippen molar-refractivity contribution in [2.75, 3.05) is 0 Å². The Kier molecular flexibility index (Phi) is 9.79. The fourth-order valence-electron chi connectivity index (χ4n) is 10.4. The minimum atomic E-state index is -0.547. The number of Topliss-reactive ketones (excluding diaryl/α,β-unsaturated/α-hetero) is 1. The van der Waals surface area contributed by atoms with Gasteiger partial charge in [-0.15, -0.1) is 0 Å². The number of hydrogen-bond acceptors (Lipinski definition) is 5. The van der Waals surface area contributed by atoms with E-state index in [9.17, 15) is 9.59 Å². The molecule has 0 N–H and O–H groups in total. The van der Waals surface area contributed by atoms with Gasteiger partial charge in [-0.05, 0) is 117 Å². The molecular weight excluding hydrogens is 524 g/mol. The van der Waals surface area contributed by atoms with Crippen LogP contribution in [0.2, 0.25) is 0 Å². The number of carbonyl (C=O) groups excluding carboxylic acids is 2. The second kappa shape index (κ2) is 12.9. The molecule has 42 heavy (non-hydrogen) atoms. The van der Waals surface area contributed by atoms with Crippen molar-refractivity contribution in [3.8, 4) is 0 Å². The summed E-state index contributed by atoms with van der Waals surface area (Å²) < 4.78 is 18.0. The molecule has 1 heterocycles. The van der Waals surface area contributed by atoms with E-state index in [1.54, 1.807) is 12.5 Å². The number of carbonyl (C=O) groups is 2. The molecule has 0 radical (unpaired) electrons. The maximum Gasteiger partial charge on any atom is 0.303 e. The lowest BCUT2D eigenvalue weighted by Gasteiger charge is -2.58. The molecule has 5 unspecified atom stereocenters. The molecule has 0 amide bonds. The maximum atomic E-state index is 11.9. The van der Waals surface area contributed by atoms with Crippen molar-refractivity contribution < 1.29 is 23.8 Å². The van der Waals surface area contributed by atoms with Crippen molar-refractivity contribution in [1.82, 2.24) is 0 Å². The number of ketones is 1. The van der Waals surface area contributed by atoms with Crippen LogP contribution in [-0.2, 0) is 23.8 Å². The van der Waals surface area contributed by atoms with E-state index in [2.05, 4.69) is 40.7 Å². The van der Waals surface area contributed by atoms with Crippen molar-refractivity contribution in [1.29, 1.82) is 0 Å². The first-order valence-corrected chi connectivity index (χ1v) is 17.3. The molecule has 0 spiro atoms. The van der Waals surface area contributed by atoms with Gasteiger partial charge in [-0.1, -0.05) is 65.5 Å². The van der Waals surface area contributed by atoms with Crippen LogP contribution in [0.1, 0.15) is 126 Å². The van der Waals surface area contributed by atoms with Gasteiger partial charge in [-0.2, -0.15) is 0 Å². The Morgan fingerprint density at radius 1 is 1.00 bits per heavy atom. The van der Waals surface area contributed by atoms with Gasteiger partial charge in [-0.25, -0.2) is 0 Å². The zero-order valence-corrected chi connectivity index (χ0v) is 27.5.